The lowest BCUT2D eigenvalue weighted by Crippen LogP contribution is -2.06. The average molecular weight is 364 g/mol. The Labute approximate surface area is 158 Å². The van der Waals surface area contributed by atoms with Crippen LogP contribution in [-0.4, -0.2) is 13.3 Å². The van der Waals surface area contributed by atoms with Crippen LogP contribution >= 0.6 is 0 Å². The van der Waals surface area contributed by atoms with Gasteiger partial charge in [-0.1, -0.05) is 30.3 Å². The van der Waals surface area contributed by atoms with Crippen molar-refractivity contribution in [3.63, 3.8) is 0 Å². The highest BCUT2D eigenvalue weighted by molar-refractivity contribution is 5.79. The van der Waals surface area contributed by atoms with E-state index in [1.54, 1.807) is 25.5 Å². The minimum atomic E-state index is -0.248. The summed E-state index contributed by atoms with van der Waals surface area (Å²) in [6.45, 7) is 0.980. The molecule has 3 aromatic rings. The maximum atomic E-state index is 12.9. The van der Waals surface area contributed by atoms with Crippen LogP contribution in [0.15, 0.2) is 77.9 Å². The number of hydrazone groups is 1. The van der Waals surface area contributed by atoms with E-state index in [4.69, 9.17) is 9.47 Å². The average Bonchev–Trinajstić information content (AvgIpc) is 2.72. The van der Waals surface area contributed by atoms with Gasteiger partial charge in [-0.05, 0) is 53.6 Å². The van der Waals surface area contributed by atoms with E-state index in [1.807, 2.05) is 48.5 Å². The van der Waals surface area contributed by atoms with Gasteiger partial charge in [-0.15, -0.1) is 0 Å². The molecule has 0 aliphatic carbocycles. The van der Waals surface area contributed by atoms with Crippen molar-refractivity contribution in [2.24, 2.45) is 5.10 Å². The molecule has 0 aliphatic rings. The van der Waals surface area contributed by atoms with Crippen LogP contribution < -0.4 is 14.9 Å². The number of nitrogens with one attached hydrogen (secondary N) is 1. The molecule has 0 saturated carbocycles. The summed E-state index contributed by atoms with van der Waals surface area (Å²) in [5.74, 6) is 1.34. The second-order valence-electron chi connectivity index (χ2n) is 5.89. The number of halogens is 1. The Morgan fingerprint density at radius 3 is 2.44 bits per heavy atom. The van der Waals surface area contributed by atoms with Gasteiger partial charge in [0, 0.05) is 5.56 Å². The predicted molar refractivity (Wildman–Crippen MR) is 105 cm³/mol. The molecule has 0 spiro atoms. The zero-order valence-corrected chi connectivity index (χ0v) is 15.1. The van der Waals surface area contributed by atoms with E-state index in [9.17, 15) is 4.39 Å². The van der Waals surface area contributed by atoms with Gasteiger partial charge in [0.25, 0.3) is 0 Å². The molecule has 5 heteroatoms. The molecular formula is C22H21FN2O2. The van der Waals surface area contributed by atoms with Crippen molar-refractivity contribution >= 4 is 6.21 Å². The van der Waals surface area contributed by atoms with E-state index in [2.05, 4.69) is 10.5 Å². The molecule has 0 aromatic heterocycles. The summed E-state index contributed by atoms with van der Waals surface area (Å²) in [7, 11) is 1.65. The van der Waals surface area contributed by atoms with Gasteiger partial charge in [0.15, 0.2) is 0 Å². The van der Waals surface area contributed by atoms with Gasteiger partial charge in [-0.3, -0.25) is 0 Å². The van der Waals surface area contributed by atoms with Crippen LogP contribution in [-0.2, 0) is 13.2 Å². The summed E-state index contributed by atoms with van der Waals surface area (Å²) in [6, 6.07) is 21.7. The first kappa shape index (κ1) is 18.5. The molecule has 0 saturated heterocycles. The first-order valence-corrected chi connectivity index (χ1v) is 8.60. The predicted octanol–water partition coefficient (Wildman–Crippen LogP) is 4.54. The number of hydrogen-bond acceptors (Lipinski definition) is 4. The number of nitrogens with zero attached hydrogens (tertiary/aromatic N) is 1. The molecule has 0 amide bonds. The monoisotopic (exact) mass is 364 g/mol. The fraction of sp³-hybridized carbons (Fsp3) is 0.136. The van der Waals surface area contributed by atoms with Crippen LogP contribution in [0.3, 0.4) is 0 Å². The number of rotatable bonds is 8. The maximum absolute atomic E-state index is 12.9. The van der Waals surface area contributed by atoms with Crippen LogP contribution in [0.4, 0.5) is 4.39 Å². The second-order valence-corrected chi connectivity index (χ2v) is 5.89. The Morgan fingerprint density at radius 1 is 0.963 bits per heavy atom. The van der Waals surface area contributed by atoms with Crippen molar-refractivity contribution in [2.45, 2.75) is 13.2 Å². The Hall–Kier alpha value is -3.34. The summed E-state index contributed by atoms with van der Waals surface area (Å²) in [5, 5.41) is 4.24. The van der Waals surface area contributed by atoms with E-state index < -0.39 is 0 Å². The summed E-state index contributed by atoms with van der Waals surface area (Å²) >= 11 is 0. The summed E-state index contributed by atoms with van der Waals surface area (Å²) < 4.78 is 23.9. The fourth-order valence-electron chi connectivity index (χ4n) is 2.50. The third-order valence-corrected chi connectivity index (χ3v) is 3.97. The van der Waals surface area contributed by atoms with Gasteiger partial charge < -0.3 is 14.9 Å². The van der Waals surface area contributed by atoms with E-state index in [0.29, 0.717) is 13.2 Å². The van der Waals surface area contributed by atoms with E-state index in [1.165, 1.54) is 12.1 Å². The number of ether oxygens (including phenoxy) is 2. The third-order valence-electron chi connectivity index (χ3n) is 3.97. The smallest absolute Gasteiger partial charge is 0.123 e. The summed E-state index contributed by atoms with van der Waals surface area (Å²) in [4.78, 5) is 0. The van der Waals surface area contributed by atoms with Gasteiger partial charge in [0.05, 0.1) is 19.9 Å². The number of para-hydroxylation sites is 1. The van der Waals surface area contributed by atoms with Crippen molar-refractivity contribution in [1.82, 2.24) is 5.43 Å². The van der Waals surface area contributed by atoms with E-state index in [-0.39, 0.29) is 5.82 Å². The van der Waals surface area contributed by atoms with Crippen LogP contribution in [0, 0.1) is 5.82 Å². The molecule has 3 aromatic carbocycles. The molecule has 0 atom stereocenters. The highest BCUT2D eigenvalue weighted by Crippen LogP contribution is 2.17. The van der Waals surface area contributed by atoms with E-state index in [0.717, 1.165) is 28.2 Å². The zero-order valence-electron chi connectivity index (χ0n) is 15.1. The first-order chi connectivity index (χ1) is 13.2. The number of methoxy groups -OCH3 is 1. The SMILES string of the molecule is COc1ccccc1CN/N=C\c1ccc(OCc2ccc(F)cc2)cc1. The van der Waals surface area contributed by atoms with Crippen molar-refractivity contribution in [3.05, 3.63) is 95.3 Å². The van der Waals surface area contributed by atoms with Crippen molar-refractivity contribution in [1.29, 1.82) is 0 Å². The molecule has 27 heavy (non-hydrogen) atoms. The molecule has 4 nitrogen and oxygen atoms in total. The standard InChI is InChI=1S/C22H21FN2O2/c1-26-22-5-3-2-4-19(22)15-25-24-14-17-8-12-21(13-9-17)27-16-18-6-10-20(23)11-7-18/h2-14,25H,15-16H2,1H3/b24-14-. The zero-order chi connectivity index (χ0) is 18.9. The van der Waals surface area contributed by atoms with Gasteiger partial charge in [0.2, 0.25) is 0 Å². The maximum Gasteiger partial charge on any atom is 0.123 e. The van der Waals surface area contributed by atoms with E-state index >= 15 is 0 Å². The molecule has 1 N–H and O–H groups in total. The second kappa shape index (κ2) is 9.38. The largest absolute Gasteiger partial charge is 0.496 e. The molecule has 0 bridgehead atoms. The lowest BCUT2D eigenvalue weighted by atomic mass is 10.2. The minimum absolute atomic E-state index is 0.248. The van der Waals surface area contributed by atoms with Crippen LogP contribution in [0.2, 0.25) is 0 Å². The highest BCUT2D eigenvalue weighted by atomic mass is 19.1. The summed E-state index contributed by atoms with van der Waals surface area (Å²) in [5.41, 5.74) is 5.94. The Kier molecular flexibility index (Phi) is 6.41. The lowest BCUT2D eigenvalue weighted by Gasteiger charge is -2.07. The van der Waals surface area contributed by atoms with Gasteiger partial charge >= 0.3 is 0 Å². The lowest BCUT2D eigenvalue weighted by molar-refractivity contribution is 0.306. The number of hydrogen-bond donors (Lipinski definition) is 1. The van der Waals surface area contributed by atoms with Gasteiger partial charge in [-0.25, -0.2) is 4.39 Å². The topological polar surface area (TPSA) is 42.8 Å². The van der Waals surface area contributed by atoms with Crippen LogP contribution in [0.5, 0.6) is 11.5 Å². The molecule has 0 fully saturated rings. The third kappa shape index (κ3) is 5.57. The van der Waals surface area contributed by atoms with Gasteiger partial charge in [-0.2, -0.15) is 5.10 Å². The Morgan fingerprint density at radius 2 is 1.70 bits per heavy atom. The Bertz CT molecular complexity index is 878. The van der Waals surface area contributed by atoms with Gasteiger partial charge in [0.1, 0.15) is 23.9 Å². The summed E-state index contributed by atoms with van der Waals surface area (Å²) in [6.07, 6.45) is 1.75. The molecule has 0 heterocycles. The number of benzene rings is 3. The fourth-order valence-corrected chi connectivity index (χ4v) is 2.50. The van der Waals surface area contributed by atoms with Crippen molar-refractivity contribution in [3.8, 4) is 11.5 Å². The van der Waals surface area contributed by atoms with Crippen LogP contribution in [0.25, 0.3) is 0 Å². The first-order valence-electron chi connectivity index (χ1n) is 8.60. The minimum Gasteiger partial charge on any atom is -0.496 e. The normalized spacial score (nSPS) is 10.7. The van der Waals surface area contributed by atoms with Crippen molar-refractivity contribution in [2.75, 3.05) is 7.11 Å². The Balaban J connectivity index is 1.48. The molecule has 3 rings (SSSR count). The quantitative estimate of drug-likeness (QED) is 0.471. The molecule has 0 unspecified atom stereocenters. The van der Waals surface area contributed by atoms with Crippen molar-refractivity contribution < 1.29 is 13.9 Å². The van der Waals surface area contributed by atoms with Crippen LogP contribution in [0.1, 0.15) is 16.7 Å². The highest BCUT2D eigenvalue weighted by Gasteiger charge is 2.00. The molecular weight excluding hydrogens is 343 g/mol. The molecule has 0 radical (unpaired) electrons. The molecule has 0 aliphatic heterocycles. The molecule has 138 valence electrons.